The minimum atomic E-state index is -0.746. The van der Waals surface area contributed by atoms with Gasteiger partial charge in [0.05, 0.1) is 6.04 Å². The molecular weight excluding hydrogens is 252 g/mol. The number of nitrogens with one attached hydrogen (secondary N) is 1. The molecule has 1 heterocycles. The summed E-state index contributed by atoms with van der Waals surface area (Å²) in [5, 5.41) is 2.73. The van der Waals surface area contributed by atoms with Gasteiger partial charge in [-0.15, -0.1) is 0 Å². The highest BCUT2D eigenvalue weighted by Crippen LogP contribution is 2.20. The molecule has 20 heavy (non-hydrogen) atoms. The van der Waals surface area contributed by atoms with Crippen LogP contribution < -0.4 is 11.1 Å². The molecule has 0 aliphatic carbocycles. The highest BCUT2D eigenvalue weighted by molar-refractivity contribution is 6.03. The Bertz CT molecular complexity index is 523. The topological polar surface area (TPSA) is 72.2 Å². The number of amides is 1. The van der Waals surface area contributed by atoms with Gasteiger partial charge in [0.2, 0.25) is 5.91 Å². The Morgan fingerprint density at radius 1 is 1.35 bits per heavy atom. The third-order valence-electron chi connectivity index (χ3n) is 3.64. The summed E-state index contributed by atoms with van der Waals surface area (Å²) in [4.78, 5) is 24.2. The average molecular weight is 272 g/mol. The maximum atomic E-state index is 12.5. The second kappa shape index (κ2) is 6.48. The fraction of sp³-hybridized carbons (Fsp3) is 0.375. The Morgan fingerprint density at radius 3 is 2.75 bits per heavy atom. The Morgan fingerprint density at radius 2 is 2.05 bits per heavy atom. The monoisotopic (exact) mass is 272 g/mol. The van der Waals surface area contributed by atoms with E-state index in [0.29, 0.717) is 18.5 Å². The van der Waals surface area contributed by atoms with Gasteiger partial charge in [-0.1, -0.05) is 30.3 Å². The Hall–Kier alpha value is -1.94. The predicted molar refractivity (Wildman–Crippen MR) is 78.8 cm³/mol. The van der Waals surface area contributed by atoms with E-state index in [4.69, 9.17) is 5.73 Å². The van der Waals surface area contributed by atoms with Crippen LogP contribution in [0.3, 0.4) is 0 Å². The molecule has 4 heteroatoms. The van der Waals surface area contributed by atoms with Crippen molar-refractivity contribution in [3.05, 3.63) is 41.5 Å². The number of hydrogen-bond donors (Lipinski definition) is 2. The molecule has 2 atom stereocenters. The Balaban J connectivity index is 2.17. The molecule has 3 N–H and O–H groups in total. The number of rotatable bonds is 3. The van der Waals surface area contributed by atoms with Crippen LogP contribution in [0.2, 0.25) is 0 Å². The van der Waals surface area contributed by atoms with Crippen LogP contribution >= 0.6 is 0 Å². The number of benzene rings is 1. The zero-order valence-corrected chi connectivity index (χ0v) is 11.6. The van der Waals surface area contributed by atoms with E-state index in [2.05, 4.69) is 5.32 Å². The van der Waals surface area contributed by atoms with Gasteiger partial charge in [-0.25, -0.2) is 0 Å². The average Bonchev–Trinajstić information content (AvgIpc) is 2.62. The molecule has 1 fully saturated rings. The van der Waals surface area contributed by atoms with Crippen molar-refractivity contribution in [1.29, 1.82) is 0 Å². The Labute approximate surface area is 119 Å². The standard InChI is InChI=1S/C16H20N2O2/c1-11(10-12-6-3-2-4-7-12)15(19)13-8-5-9-18-16(20)14(13)17/h2-4,6-7,10,13-14H,5,8-9,17H2,1H3,(H,18,20). The second-order valence-electron chi connectivity index (χ2n) is 5.17. The molecule has 0 saturated carbocycles. The first kappa shape index (κ1) is 14.5. The third-order valence-corrected chi connectivity index (χ3v) is 3.64. The summed E-state index contributed by atoms with van der Waals surface area (Å²) in [7, 11) is 0. The van der Waals surface area contributed by atoms with Crippen molar-refractivity contribution in [3.63, 3.8) is 0 Å². The highest BCUT2D eigenvalue weighted by Gasteiger charge is 2.32. The largest absolute Gasteiger partial charge is 0.355 e. The number of carbonyl (C=O) groups is 2. The summed E-state index contributed by atoms with van der Waals surface area (Å²) in [5.41, 5.74) is 7.52. The van der Waals surface area contributed by atoms with Crippen molar-refractivity contribution in [1.82, 2.24) is 5.32 Å². The summed E-state index contributed by atoms with van der Waals surface area (Å²) < 4.78 is 0. The predicted octanol–water partition coefficient (Wildman–Crippen LogP) is 1.51. The minimum Gasteiger partial charge on any atom is -0.355 e. The quantitative estimate of drug-likeness (QED) is 0.819. The van der Waals surface area contributed by atoms with Crippen LogP contribution in [0.25, 0.3) is 6.08 Å². The highest BCUT2D eigenvalue weighted by atomic mass is 16.2. The number of carbonyl (C=O) groups excluding carboxylic acids is 2. The van der Waals surface area contributed by atoms with E-state index in [1.54, 1.807) is 6.92 Å². The summed E-state index contributed by atoms with van der Waals surface area (Å²) in [6.45, 7) is 2.38. The zero-order valence-electron chi connectivity index (χ0n) is 11.6. The molecule has 0 radical (unpaired) electrons. The Kier molecular flexibility index (Phi) is 4.69. The van der Waals surface area contributed by atoms with Crippen LogP contribution in [-0.2, 0) is 9.59 Å². The van der Waals surface area contributed by atoms with Crippen LogP contribution in [0.5, 0.6) is 0 Å². The van der Waals surface area contributed by atoms with E-state index in [-0.39, 0.29) is 11.7 Å². The smallest absolute Gasteiger partial charge is 0.237 e. The molecule has 1 saturated heterocycles. The van der Waals surface area contributed by atoms with E-state index in [9.17, 15) is 9.59 Å². The van der Waals surface area contributed by atoms with Gasteiger partial charge < -0.3 is 11.1 Å². The van der Waals surface area contributed by atoms with Crippen molar-refractivity contribution in [2.75, 3.05) is 6.54 Å². The maximum absolute atomic E-state index is 12.5. The van der Waals surface area contributed by atoms with E-state index in [0.717, 1.165) is 12.0 Å². The first-order valence-electron chi connectivity index (χ1n) is 6.90. The van der Waals surface area contributed by atoms with Gasteiger partial charge in [0.1, 0.15) is 0 Å². The summed E-state index contributed by atoms with van der Waals surface area (Å²) >= 11 is 0. The van der Waals surface area contributed by atoms with E-state index >= 15 is 0 Å². The molecule has 4 nitrogen and oxygen atoms in total. The lowest BCUT2D eigenvalue weighted by molar-refractivity contribution is -0.127. The molecule has 106 valence electrons. The van der Waals surface area contributed by atoms with Crippen LogP contribution in [0, 0.1) is 5.92 Å². The van der Waals surface area contributed by atoms with Crippen LogP contribution in [0.4, 0.5) is 0 Å². The van der Waals surface area contributed by atoms with E-state index < -0.39 is 12.0 Å². The van der Waals surface area contributed by atoms with Gasteiger partial charge in [-0.05, 0) is 37.0 Å². The fourth-order valence-corrected chi connectivity index (χ4v) is 2.47. The van der Waals surface area contributed by atoms with Crippen molar-refractivity contribution in [2.45, 2.75) is 25.8 Å². The third kappa shape index (κ3) is 3.33. The first-order valence-corrected chi connectivity index (χ1v) is 6.90. The molecule has 2 rings (SSSR count). The lowest BCUT2D eigenvalue weighted by atomic mass is 9.87. The summed E-state index contributed by atoms with van der Waals surface area (Å²) in [6, 6.07) is 8.92. The molecule has 1 aliphatic heterocycles. The van der Waals surface area contributed by atoms with Crippen LogP contribution in [0.1, 0.15) is 25.3 Å². The van der Waals surface area contributed by atoms with Gasteiger partial charge in [0.25, 0.3) is 0 Å². The van der Waals surface area contributed by atoms with Gasteiger partial charge in [-0.2, -0.15) is 0 Å². The molecule has 0 spiro atoms. The van der Waals surface area contributed by atoms with Crippen molar-refractivity contribution < 1.29 is 9.59 Å². The van der Waals surface area contributed by atoms with E-state index in [1.165, 1.54) is 0 Å². The molecule has 0 aromatic heterocycles. The van der Waals surface area contributed by atoms with Gasteiger partial charge >= 0.3 is 0 Å². The van der Waals surface area contributed by atoms with Gasteiger partial charge in [-0.3, -0.25) is 9.59 Å². The second-order valence-corrected chi connectivity index (χ2v) is 5.17. The molecule has 1 aromatic carbocycles. The first-order chi connectivity index (χ1) is 9.59. The SMILES string of the molecule is CC(=Cc1ccccc1)C(=O)C1CCCNC(=O)C1N. The molecule has 1 aliphatic rings. The summed E-state index contributed by atoms with van der Waals surface area (Å²) in [6.07, 6.45) is 3.28. The van der Waals surface area contributed by atoms with Crippen molar-refractivity contribution >= 4 is 17.8 Å². The van der Waals surface area contributed by atoms with E-state index in [1.807, 2.05) is 36.4 Å². The number of hydrogen-bond acceptors (Lipinski definition) is 3. The molecule has 0 bridgehead atoms. The minimum absolute atomic E-state index is 0.0293. The normalized spacial score (nSPS) is 23.9. The van der Waals surface area contributed by atoms with Gasteiger partial charge in [0, 0.05) is 12.5 Å². The molecule has 1 amide bonds. The number of allylic oxidation sites excluding steroid dienone is 1. The maximum Gasteiger partial charge on any atom is 0.237 e. The van der Waals surface area contributed by atoms with Crippen molar-refractivity contribution in [2.24, 2.45) is 11.7 Å². The number of nitrogens with two attached hydrogens (primary N) is 1. The number of Topliss-reactive ketones (excluding diaryl/α,β-unsaturated/α-hetero) is 1. The van der Waals surface area contributed by atoms with Crippen molar-refractivity contribution in [3.8, 4) is 0 Å². The fourth-order valence-electron chi connectivity index (χ4n) is 2.47. The van der Waals surface area contributed by atoms with Gasteiger partial charge in [0.15, 0.2) is 5.78 Å². The zero-order chi connectivity index (χ0) is 14.5. The molecule has 2 unspecified atom stereocenters. The molecule has 1 aromatic rings. The lowest BCUT2D eigenvalue weighted by Crippen LogP contribution is -2.46. The number of ketones is 1. The van der Waals surface area contributed by atoms with Crippen LogP contribution in [-0.4, -0.2) is 24.3 Å². The molecular formula is C16H20N2O2. The van der Waals surface area contributed by atoms with Crippen LogP contribution in [0.15, 0.2) is 35.9 Å². The summed E-state index contributed by atoms with van der Waals surface area (Å²) in [5.74, 6) is -0.677. The lowest BCUT2D eigenvalue weighted by Gasteiger charge is -2.18.